The molecule has 0 aliphatic carbocycles. The first kappa shape index (κ1) is 12.3. The highest BCUT2D eigenvalue weighted by Gasteiger charge is 2.47. The molecule has 0 aliphatic rings. The van der Waals surface area contributed by atoms with Crippen LogP contribution >= 0.6 is 0 Å². The van der Waals surface area contributed by atoms with Crippen LogP contribution in [0, 0.1) is 5.82 Å². The van der Waals surface area contributed by atoms with Gasteiger partial charge in [-0.25, -0.2) is 9.18 Å². The van der Waals surface area contributed by atoms with Crippen molar-refractivity contribution in [1.82, 2.24) is 0 Å². The van der Waals surface area contributed by atoms with Crippen LogP contribution in [0.2, 0.25) is 0 Å². The number of carboxylic acids is 1. The number of aromatic hydroxyl groups is 1. The summed E-state index contributed by atoms with van der Waals surface area (Å²) in [6.07, 6.45) is -2.73. The predicted octanol–water partition coefficient (Wildman–Crippen LogP) is 1.28. The number of carbonyl (C=O) groups is 1. The highest BCUT2D eigenvalue weighted by Crippen LogP contribution is 2.33. The summed E-state index contributed by atoms with van der Waals surface area (Å²) in [6.45, 7) is 0. The molecular weight excluding hydrogens is 229 g/mol. The monoisotopic (exact) mass is 236 g/mol. The average molecular weight is 236 g/mol. The first-order valence-corrected chi connectivity index (χ1v) is 4.04. The molecule has 0 heterocycles. The molecule has 0 bridgehead atoms. The van der Waals surface area contributed by atoms with Gasteiger partial charge in [-0.1, -0.05) is 0 Å². The summed E-state index contributed by atoms with van der Waals surface area (Å²) in [4.78, 5) is 10.1. The van der Waals surface area contributed by atoms with Crippen LogP contribution in [-0.4, -0.2) is 27.2 Å². The van der Waals surface area contributed by atoms with E-state index in [1.54, 1.807) is 0 Å². The van der Waals surface area contributed by atoms with Crippen LogP contribution in [0.5, 0.6) is 5.75 Å². The summed E-state index contributed by atoms with van der Waals surface area (Å²) in [7, 11) is 0. The van der Waals surface area contributed by atoms with Gasteiger partial charge in [0.2, 0.25) is 0 Å². The largest absolute Gasteiger partial charge is 0.508 e. The van der Waals surface area contributed by atoms with Gasteiger partial charge in [0.25, 0.3) is 0 Å². The van der Waals surface area contributed by atoms with Crippen LogP contribution in [0.15, 0.2) is 18.2 Å². The lowest BCUT2D eigenvalue weighted by molar-refractivity contribution is -0.182. The molecule has 1 unspecified atom stereocenters. The third-order valence-corrected chi connectivity index (χ3v) is 1.85. The van der Waals surface area contributed by atoms with E-state index in [1.165, 1.54) is 0 Å². The molecule has 88 valence electrons. The van der Waals surface area contributed by atoms with Gasteiger partial charge in [0, 0.05) is 6.07 Å². The molecule has 1 atom stereocenters. The first-order valence-electron chi connectivity index (χ1n) is 4.04. The highest BCUT2D eigenvalue weighted by molar-refractivity contribution is 5.76. The standard InChI is InChI=1S/C9H7F3O4/c10-5-1-4(2-6(13)3-5)7(14)9(11,12)8(15)16/h1-3,7,13-14H,(H,15,16). The van der Waals surface area contributed by atoms with Crippen LogP contribution in [0.4, 0.5) is 13.2 Å². The van der Waals surface area contributed by atoms with Crippen LogP contribution < -0.4 is 0 Å². The Morgan fingerprint density at radius 1 is 1.31 bits per heavy atom. The van der Waals surface area contributed by atoms with Gasteiger partial charge in [0.1, 0.15) is 11.6 Å². The van der Waals surface area contributed by atoms with E-state index in [0.29, 0.717) is 18.2 Å². The van der Waals surface area contributed by atoms with Crippen molar-refractivity contribution in [2.24, 2.45) is 0 Å². The minimum atomic E-state index is -4.46. The Kier molecular flexibility index (Phi) is 3.09. The second-order valence-electron chi connectivity index (χ2n) is 3.07. The van der Waals surface area contributed by atoms with Crippen LogP contribution in [0.1, 0.15) is 11.7 Å². The maximum absolute atomic E-state index is 12.8. The second-order valence-corrected chi connectivity index (χ2v) is 3.07. The number of carboxylic acid groups (broad SMARTS) is 1. The zero-order valence-corrected chi connectivity index (χ0v) is 7.69. The number of phenols is 1. The van der Waals surface area contributed by atoms with Crippen molar-refractivity contribution in [3.05, 3.63) is 29.6 Å². The Morgan fingerprint density at radius 3 is 2.31 bits per heavy atom. The zero-order valence-electron chi connectivity index (χ0n) is 7.69. The molecule has 0 aromatic heterocycles. The smallest absolute Gasteiger partial charge is 0.377 e. The summed E-state index contributed by atoms with van der Waals surface area (Å²) in [5.41, 5.74) is -0.718. The highest BCUT2D eigenvalue weighted by atomic mass is 19.3. The van der Waals surface area contributed by atoms with E-state index in [2.05, 4.69) is 0 Å². The molecule has 1 aromatic rings. The van der Waals surface area contributed by atoms with E-state index in [9.17, 15) is 18.0 Å². The van der Waals surface area contributed by atoms with E-state index in [0.717, 1.165) is 0 Å². The van der Waals surface area contributed by atoms with Gasteiger partial charge >= 0.3 is 11.9 Å². The lowest BCUT2D eigenvalue weighted by Crippen LogP contribution is -2.35. The summed E-state index contributed by atoms with van der Waals surface area (Å²) in [5.74, 6) is -8.74. The number of halogens is 3. The molecule has 0 spiro atoms. The topological polar surface area (TPSA) is 77.8 Å². The Hall–Kier alpha value is -1.76. The lowest BCUT2D eigenvalue weighted by atomic mass is 10.0. The third kappa shape index (κ3) is 2.25. The Bertz CT molecular complexity index is 399. The fourth-order valence-electron chi connectivity index (χ4n) is 1.08. The number of hydrogen-bond donors (Lipinski definition) is 3. The maximum Gasteiger partial charge on any atom is 0.377 e. The van der Waals surface area contributed by atoms with Crippen molar-refractivity contribution < 1.29 is 33.3 Å². The molecule has 0 saturated carbocycles. The Balaban J connectivity index is 3.14. The Morgan fingerprint density at radius 2 is 1.88 bits per heavy atom. The van der Waals surface area contributed by atoms with Crippen LogP contribution in [-0.2, 0) is 4.79 Å². The van der Waals surface area contributed by atoms with Crippen molar-refractivity contribution in [1.29, 1.82) is 0 Å². The molecule has 0 amide bonds. The van der Waals surface area contributed by atoms with Gasteiger partial charge < -0.3 is 15.3 Å². The van der Waals surface area contributed by atoms with E-state index < -0.39 is 35.1 Å². The minimum absolute atomic E-state index is 0.515. The van der Waals surface area contributed by atoms with Gasteiger partial charge in [-0.2, -0.15) is 8.78 Å². The molecule has 16 heavy (non-hydrogen) atoms. The SMILES string of the molecule is O=C(O)C(F)(F)C(O)c1cc(O)cc(F)c1. The van der Waals surface area contributed by atoms with Crippen LogP contribution in [0.3, 0.4) is 0 Å². The summed E-state index contributed by atoms with van der Waals surface area (Å²) >= 11 is 0. The maximum atomic E-state index is 12.8. The molecule has 0 radical (unpaired) electrons. The van der Waals surface area contributed by atoms with Crippen molar-refractivity contribution >= 4 is 5.97 Å². The number of aliphatic carboxylic acids is 1. The molecule has 3 N–H and O–H groups in total. The zero-order chi connectivity index (χ0) is 12.5. The summed E-state index contributed by atoms with van der Waals surface area (Å²) in [5, 5.41) is 26.1. The second kappa shape index (κ2) is 4.01. The number of phenolic OH excluding ortho intramolecular Hbond substituents is 1. The number of aliphatic hydroxyl groups is 1. The fourth-order valence-corrected chi connectivity index (χ4v) is 1.08. The summed E-state index contributed by atoms with van der Waals surface area (Å²) < 4.78 is 38.4. The van der Waals surface area contributed by atoms with Gasteiger partial charge in [-0.3, -0.25) is 0 Å². The van der Waals surface area contributed by atoms with Crippen molar-refractivity contribution in [2.75, 3.05) is 0 Å². The fraction of sp³-hybridized carbons (Fsp3) is 0.222. The first-order chi connectivity index (χ1) is 7.25. The van der Waals surface area contributed by atoms with Crippen molar-refractivity contribution in [3.63, 3.8) is 0 Å². The molecule has 0 saturated heterocycles. The number of alkyl halides is 2. The average Bonchev–Trinajstić information content (AvgIpc) is 2.14. The quantitative estimate of drug-likeness (QED) is 0.738. The van der Waals surface area contributed by atoms with Crippen LogP contribution in [0.25, 0.3) is 0 Å². The number of hydrogen-bond acceptors (Lipinski definition) is 3. The Labute approximate surface area is 87.6 Å². The van der Waals surface area contributed by atoms with Crippen molar-refractivity contribution in [2.45, 2.75) is 12.0 Å². The van der Waals surface area contributed by atoms with E-state index in [-0.39, 0.29) is 0 Å². The third-order valence-electron chi connectivity index (χ3n) is 1.85. The molecule has 1 aromatic carbocycles. The van der Waals surface area contributed by atoms with Gasteiger partial charge in [0.05, 0.1) is 0 Å². The molecule has 4 nitrogen and oxygen atoms in total. The minimum Gasteiger partial charge on any atom is -0.508 e. The van der Waals surface area contributed by atoms with Gasteiger partial charge in [-0.05, 0) is 17.7 Å². The molecule has 0 aliphatic heterocycles. The number of benzene rings is 1. The van der Waals surface area contributed by atoms with E-state index in [4.69, 9.17) is 15.3 Å². The normalized spacial score (nSPS) is 13.5. The van der Waals surface area contributed by atoms with E-state index >= 15 is 0 Å². The van der Waals surface area contributed by atoms with Gasteiger partial charge in [0.15, 0.2) is 6.10 Å². The number of rotatable bonds is 3. The van der Waals surface area contributed by atoms with Gasteiger partial charge in [-0.15, -0.1) is 0 Å². The van der Waals surface area contributed by atoms with Crippen molar-refractivity contribution in [3.8, 4) is 5.75 Å². The number of aliphatic hydroxyl groups excluding tert-OH is 1. The molecular formula is C9H7F3O4. The lowest BCUT2D eigenvalue weighted by Gasteiger charge is -2.18. The molecule has 7 heteroatoms. The van der Waals surface area contributed by atoms with E-state index in [1.807, 2.05) is 0 Å². The molecule has 1 rings (SSSR count). The predicted molar refractivity (Wildman–Crippen MR) is 45.6 cm³/mol. The molecule has 0 fully saturated rings. The summed E-state index contributed by atoms with van der Waals surface area (Å²) in [6, 6.07) is 1.81.